The van der Waals surface area contributed by atoms with Gasteiger partial charge in [0.2, 0.25) is 0 Å². The Kier molecular flexibility index (Phi) is 4.03. The molecule has 114 valence electrons. The zero-order valence-corrected chi connectivity index (χ0v) is 13.2. The Morgan fingerprint density at radius 3 is 2.57 bits per heavy atom. The maximum atomic E-state index is 13.0. The van der Waals surface area contributed by atoms with Gasteiger partial charge >= 0.3 is 0 Å². The molecule has 0 bridgehead atoms. The fraction of sp³-hybridized carbons (Fsp3) is 0.611. The Morgan fingerprint density at radius 1 is 1.14 bits per heavy atom. The molecule has 3 rings (SSSR count). The molecule has 0 amide bonds. The summed E-state index contributed by atoms with van der Waals surface area (Å²) in [5.74, 6) is 1.18. The summed E-state index contributed by atoms with van der Waals surface area (Å²) in [6.45, 7) is 6.96. The molecule has 0 radical (unpaired) electrons. The second kappa shape index (κ2) is 5.80. The van der Waals surface area contributed by atoms with Gasteiger partial charge in [0.25, 0.3) is 0 Å². The van der Waals surface area contributed by atoms with E-state index in [-0.39, 0.29) is 5.78 Å². The van der Waals surface area contributed by atoms with E-state index in [9.17, 15) is 4.79 Å². The molecule has 1 aromatic rings. The molecular formula is C18H25NO2. The third-order valence-electron chi connectivity index (χ3n) is 4.90. The molecule has 2 aliphatic rings. The molecule has 3 heteroatoms. The van der Waals surface area contributed by atoms with Gasteiger partial charge in [0.1, 0.15) is 5.75 Å². The van der Waals surface area contributed by atoms with E-state index in [1.807, 2.05) is 18.2 Å². The van der Waals surface area contributed by atoms with E-state index >= 15 is 0 Å². The van der Waals surface area contributed by atoms with Crippen molar-refractivity contribution < 1.29 is 9.53 Å². The molecule has 1 saturated heterocycles. The van der Waals surface area contributed by atoms with Gasteiger partial charge in [-0.3, -0.25) is 9.69 Å². The maximum Gasteiger partial charge on any atom is 0.182 e. The molecule has 0 aliphatic carbocycles. The molecule has 3 nitrogen and oxygen atoms in total. The fourth-order valence-corrected chi connectivity index (χ4v) is 3.45. The Labute approximate surface area is 127 Å². The number of carbonyl (C=O) groups excluding carboxylic acids is 1. The molecular weight excluding hydrogens is 262 g/mol. The lowest BCUT2D eigenvalue weighted by Gasteiger charge is -2.36. The van der Waals surface area contributed by atoms with Crippen LogP contribution in [0.5, 0.6) is 5.75 Å². The van der Waals surface area contributed by atoms with Crippen LogP contribution < -0.4 is 4.74 Å². The van der Waals surface area contributed by atoms with Gasteiger partial charge in [-0.15, -0.1) is 0 Å². The molecule has 0 N–H and O–H groups in total. The van der Waals surface area contributed by atoms with E-state index in [1.54, 1.807) is 0 Å². The summed E-state index contributed by atoms with van der Waals surface area (Å²) in [6.07, 6.45) is 5.90. The van der Waals surface area contributed by atoms with Crippen LogP contribution in [0.1, 0.15) is 55.5 Å². The smallest absolute Gasteiger partial charge is 0.182 e. The minimum Gasteiger partial charge on any atom is -0.493 e. The minimum absolute atomic E-state index is 0.235. The molecule has 0 atom stereocenters. The highest BCUT2D eigenvalue weighted by Crippen LogP contribution is 2.29. The van der Waals surface area contributed by atoms with E-state index in [0.29, 0.717) is 0 Å². The average molecular weight is 287 g/mol. The number of likely N-dealkylation sites (tertiary alicyclic amines) is 1. The number of ether oxygens (including phenoxy) is 1. The summed E-state index contributed by atoms with van der Waals surface area (Å²) in [7, 11) is 0. The van der Waals surface area contributed by atoms with Crippen molar-refractivity contribution in [3.8, 4) is 5.75 Å². The minimum atomic E-state index is -0.419. The first-order chi connectivity index (χ1) is 10.1. The second-order valence-corrected chi connectivity index (χ2v) is 6.71. The van der Waals surface area contributed by atoms with Crippen molar-refractivity contribution in [1.29, 1.82) is 0 Å². The van der Waals surface area contributed by atoms with E-state index in [1.165, 1.54) is 31.2 Å². The molecule has 1 fully saturated rings. The molecule has 21 heavy (non-hydrogen) atoms. The summed E-state index contributed by atoms with van der Waals surface area (Å²) < 4.78 is 5.53. The second-order valence-electron chi connectivity index (χ2n) is 6.71. The lowest BCUT2D eigenvalue weighted by molar-refractivity contribution is 0.0649. The van der Waals surface area contributed by atoms with Gasteiger partial charge in [0.15, 0.2) is 5.78 Å². The van der Waals surface area contributed by atoms with E-state index in [4.69, 9.17) is 4.74 Å². The molecule has 1 aromatic carbocycles. The summed E-state index contributed by atoms with van der Waals surface area (Å²) >= 11 is 0. The highest BCUT2D eigenvalue weighted by atomic mass is 16.5. The number of hydrogen-bond acceptors (Lipinski definition) is 3. The van der Waals surface area contributed by atoms with E-state index in [0.717, 1.165) is 37.4 Å². The van der Waals surface area contributed by atoms with Gasteiger partial charge in [0.05, 0.1) is 12.1 Å². The number of nitrogens with zero attached hydrogens (tertiary/aromatic N) is 1. The number of Topliss-reactive ketones (excluding diaryl/α,β-unsaturated/α-hetero) is 1. The van der Waals surface area contributed by atoms with Gasteiger partial charge in [0, 0.05) is 12.0 Å². The van der Waals surface area contributed by atoms with E-state index in [2.05, 4.69) is 18.7 Å². The number of ketones is 1. The van der Waals surface area contributed by atoms with E-state index < -0.39 is 5.54 Å². The summed E-state index contributed by atoms with van der Waals surface area (Å²) in [4.78, 5) is 15.4. The standard InChI is InChI=1S/C18H25NO2/c1-18(2,19-10-5-3-4-6-11-19)17(20)15-7-8-16-14(13-15)9-12-21-16/h7-8,13H,3-6,9-12H2,1-2H3. The van der Waals surface area contributed by atoms with Crippen LogP contribution in [0.2, 0.25) is 0 Å². The Hall–Kier alpha value is -1.35. The van der Waals surface area contributed by atoms with Crippen molar-refractivity contribution in [2.75, 3.05) is 19.7 Å². The molecule has 2 heterocycles. The van der Waals surface area contributed by atoms with Crippen molar-refractivity contribution in [2.24, 2.45) is 0 Å². The first-order valence-corrected chi connectivity index (χ1v) is 8.14. The molecule has 0 unspecified atom stereocenters. The van der Waals surface area contributed by atoms with Gasteiger partial charge < -0.3 is 4.74 Å². The van der Waals surface area contributed by atoms with Gasteiger partial charge in [-0.05, 0) is 63.5 Å². The summed E-state index contributed by atoms with van der Waals surface area (Å²) in [6, 6.07) is 5.91. The lowest BCUT2D eigenvalue weighted by Crippen LogP contribution is -2.50. The number of benzene rings is 1. The van der Waals surface area contributed by atoms with Crippen LogP contribution >= 0.6 is 0 Å². The summed E-state index contributed by atoms with van der Waals surface area (Å²) in [5.41, 5.74) is 1.58. The highest BCUT2D eigenvalue weighted by Gasteiger charge is 2.35. The maximum absolute atomic E-state index is 13.0. The normalized spacial score (nSPS) is 19.7. The summed E-state index contributed by atoms with van der Waals surface area (Å²) in [5, 5.41) is 0. The third-order valence-corrected chi connectivity index (χ3v) is 4.90. The zero-order valence-electron chi connectivity index (χ0n) is 13.2. The first kappa shape index (κ1) is 14.6. The van der Waals surface area contributed by atoms with Crippen molar-refractivity contribution >= 4 is 5.78 Å². The van der Waals surface area contributed by atoms with Crippen molar-refractivity contribution in [3.05, 3.63) is 29.3 Å². The SMILES string of the molecule is CC(C)(C(=O)c1ccc2c(c1)CCO2)N1CCCCCC1. The third kappa shape index (κ3) is 2.84. The molecule has 0 aromatic heterocycles. The first-order valence-electron chi connectivity index (χ1n) is 8.14. The van der Waals surface area contributed by atoms with Crippen molar-refractivity contribution in [3.63, 3.8) is 0 Å². The monoisotopic (exact) mass is 287 g/mol. The Bertz CT molecular complexity index is 528. The van der Waals surface area contributed by atoms with Crippen LogP contribution in [0.4, 0.5) is 0 Å². The topological polar surface area (TPSA) is 29.5 Å². The van der Waals surface area contributed by atoms with Crippen LogP contribution in [0.3, 0.4) is 0 Å². The Morgan fingerprint density at radius 2 is 1.86 bits per heavy atom. The van der Waals surface area contributed by atoms with Gasteiger partial charge in [-0.2, -0.15) is 0 Å². The average Bonchev–Trinajstić information content (AvgIpc) is 2.77. The molecule has 2 aliphatic heterocycles. The van der Waals surface area contributed by atoms with Crippen LogP contribution in [-0.4, -0.2) is 35.9 Å². The predicted octanol–water partition coefficient (Wildman–Crippen LogP) is 3.46. The largest absolute Gasteiger partial charge is 0.493 e. The predicted molar refractivity (Wildman–Crippen MR) is 84.1 cm³/mol. The number of rotatable bonds is 3. The van der Waals surface area contributed by atoms with Gasteiger partial charge in [-0.25, -0.2) is 0 Å². The number of fused-ring (bicyclic) bond motifs is 1. The Balaban J connectivity index is 1.82. The fourth-order valence-electron chi connectivity index (χ4n) is 3.45. The molecule has 0 spiro atoms. The quantitative estimate of drug-likeness (QED) is 0.797. The van der Waals surface area contributed by atoms with Gasteiger partial charge in [-0.1, -0.05) is 12.8 Å². The molecule has 0 saturated carbocycles. The lowest BCUT2D eigenvalue weighted by atomic mass is 9.90. The van der Waals surface area contributed by atoms with Crippen molar-refractivity contribution in [2.45, 2.75) is 51.5 Å². The van der Waals surface area contributed by atoms with Crippen LogP contribution in [0, 0.1) is 0 Å². The van der Waals surface area contributed by atoms with Crippen LogP contribution in [0.15, 0.2) is 18.2 Å². The van der Waals surface area contributed by atoms with Crippen LogP contribution in [0.25, 0.3) is 0 Å². The number of hydrogen-bond donors (Lipinski definition) is 0. The zero-order chi connectivity index (χ0) is 14.9. The van der Waals surface area contributed by atoms with Crippen LogP contribution in [-0.2, 0) is 6.42 Å². The van der Waals surface area contributed by atoms with Crippen molar-refractivity contribution in [1.82, 2.24) is 4.90 Å². The highest BCUT2D eigenvalue weighted by molar-refractivity contribution is 6.03. The number of carbonyl (C=O) groups is 1.